The molecular formula is C39H80N8O18S3. The molecule has 68 heavy (non-hydrogen) atoms. The summed E-state index contributed by atoms with van der Waals surface area (Å²) >= 11 is 5.93. The smallest absolute Gasteiger partial charge is 0.328 e. The first kappa shape index (κ1) is 89.1. The van der Waals surface area contributed by atoms with Gasteiger partial charge in [0.1, 0.15) is 11.3 Å². The Morgan fingerprint density at radius 3 is 1.19 bits per heavy atom. The van der Waals surface area contributed by atoms with Crippen LogP contribution < -0.4 is 43.0 Å². The summed E-state index contributed by atoms with van der Waals surface area (Å²) in [5.41, 5.74) is 4.50. The van der Waals surface area contributed by atoms with Crippen molar-refractivity contribution in [2.24, 2.45) is 5.73 Å². The van der Waals surface area contributed by atoms with Crippen molar-refractivity contribution in [1.29, 1.82) is 0 Å². The van der Waals surface area contributed by atoms with Crippen LogP contribution in [0, 0.1) is 0 Å². The number of aliphatic carboxylic acids is 5. The van der Waals surface area contributed by atoms with Crippen LogP contribution in [-0.4, -0.2) is 200 Å². The highest BCUT2D eigenvalue weighted by molar-refractivity contribution is 8.00. The Morgan fingerprint density at radius 2 is 0.956 bits per heavy atom. The molecule has 0 saturated heterocycles. The number of allylic oxidation sites excluding steroid dienone is 2. The number of carbonyl (C=O) groups excluding carboxylic acids is 7. The van der Waals surface area contributed by atoms with E-state index in [1.807, 2.05) is 0 Å². The molecule has 16 N–H and O–H groups in total. The molecule has 29 heteroatoms. The Bertz CT molecular complexity index is 1420. The maximum absolute atomic E-state index is 10.9. The van der Waals surface area contributed by atoms with E-state index in [0.717, 1.165) is 23.9 Å². The second-order valence-corrected chi connectivity index (χ2v) is 12.8. The number of hydrogen-bond acceptors (Lipinski definition) is 18. The number of carboxylic acids is 5. The van der Waals surface area contributed by atoms with Gasteiger partial charge >= 0.3 is 29.8 Å². The molecule has 1 rings (SSSR count). The van der Waals surface area contributed by atoms with Gasteiger partial charge in [-0.25, -0.2) is 4.79 Å². The van der Waals surface area contributed by atoms with E-state index in [1.165, 1.54) is 73.2 Å². The van der Waals surface area contributed by atoms with E-state index in [2.05, 4.69) is 55.6 Å². The van der Waals surface area contributed by atoms with Gasteiger partial charge < -0.3 is 74.0 Å². The Labute approximate surface area is 413 Å². The first-order valence-electron chi connectivity index (χ1n) is 17.9. The van der Waals surface area contributed by atoms with Crippen molar-refractivity contribution >= 4 is 107 Å². The lowest BCUT2D eigenvalue weighted by atomic mass is 10.2. The monoisotopic (exact) mass is 1040 g/mol. The Hall–Kier alpha value is -5.59. The molecule has 26 nitrogen and oxygen atoms in total. The van der Waals surface area contributed by atoms with Crippen molar-refractivity contribution in [1.82, 2.24) is 37.2 Å². The number of rotatable bonds is 18. The molecule has 0 spiro atoms. The lowest BCUT2D eigenvalue weighted by Gasteiger charge is -2.10. The molecule has 4 unspecified atom stereocenters. The fourth-order valence-electron chi connectivity index (χ4n) is 3.13. The van der Waals surface area contributed by atoms with Gasteiger partial charge in [0.15, 0.2) is 11.6 Å². The summed E-state index contributed by atoms with van der Waals surface area (Å²) in [7, 11) is 11.9. The van der Waals surface area contributed by atoms with Crippen molar-refractivity contribution in [2.45, 2.75) is 77.0 Å². The first-order chi connectivity index (χ1) is 29.9. The lowest BCUT2D eigenvalue weighted by molar-refractivity contribution is -0.141. The number of thiol groups is 1. The van der Waals surface area contributed by atoms with Crippen LogP contribution in [0.15, 0.2) is 24.3 Å². The average molecular weight is 1050 g/mol. The molecule has 0 bridgehead atoms. The molecule has 0 aromatic heterocycles. The summed E-state index contributed by atoms with van der Waals surface area (Å²) in [4.78, 5) is 124. The van der Waals surface area contributed by atoms with Crippen molar-refractivity contribution in [3.05, 3.63) is 24.3 Å². The van der Waals surface area contributed by atoms with Gasteiger partial charge in [0.25, 0.3) is 0 Å². The molecule has 1 aliphatic carbocycles. The molecule has 1 aliphatic rings. The van der Waals surface area contributed by atoms with Gasteiger partial charge in [-0.15, -0.1) is 11.8 Å². The van der Waals surface area contributed by atoms with Crippen molar-refractivity contribution in [3.63, 3.8) is 0 Å². The fourth-order valence-corrected chi connectivity index (χ4v) is 4.29. The molecule has 0 radical (unpaired) electrons. The van der Waals surface area contributed by atoms with E-state index in [4.69, 9.17) is 25.5 Å². The first-order valence-corrected chi connectivity index (χ1v) is 21.4. The molecule has 0 aromatic rings. The molecule has 0 aliphatic heterocycles. The van der Waals surface area contributed by atoms with Crippen LogP contribution in [-0.2, 0) is 57.5 Å². The summed E-state index contributed by atoms with van der Waals surface area (Å²) in [5, 5.41) is 57.4. The van der Waals surface area contributed by atoms with E-state index in [0.29, 0.717) is 0 Å². The molecule has 402 valence electrons. The quantitative estimate of drug-likeness (QED) is 0.0406. The molecule has 0 heterocycles. The standard InChI is InChI=1S/2C6H12N2O3.2C6H11NO3S.C5H7NO3.C5H4O2.CH5N.CH4S.3CH4.H2O/c1-7-4(3-5(9)10)6(11)8-2;1-7-4(6(10)11)3-5(9)8-2;1-7-6(10)4(11-2)3-5(8)9;1-7-5(8)3-4(11-2)6(9)10;1-6-4(7)2-3-5(8)9;6-4-1-2-5(7)3-4;2*1-2;;;;/h4,7H,3H2,1-2H3,(H,8,11)(H,9,10);4,7H,3H2,1-2H3,(H,8,9)(H,10,11);4H,3H2,1-2H3,(H,7,10)(H,8,9);4H,3H2,1-2H3,(H,7,8)(H,9,10);2-3H,1H3,(H,6,7)(H,8,9);1-2H,3H2;2H2,1H3;2H,1H3;3*1H4;1H2/b;;;;3-2-;;;;;;;. The predicted octanol–water partition coefficient (Wildman–Crippen LogP) is -1.87. The molecule has 5 amide bonds. The van der Waals surface area contributed by atoms with Gasteiger partial charge in [-0.3, -0.25) is 52.7 Å². The number of thioether (sulfide) groups is 2. The number of ketones is 2. The van der Waals surface area contributed by atoms with Gasteiger partial charge in [0.05, 0.1) is 37.0 Å². The zero-order chi connectivity index (χ0) is 52.0. The number of likely N-dealkylation sites (N-methyl/N-ethyl adjacent to an activating group) is 4. The zero-order valence-electron chi connectivity index (χ0n) is 38.1. The molecule has 0 fully saturated rings. The number of amides is 5. The Kier molecular flexibility index (Phi) is 80.4. The van der Waals surface area contributed by atoms with Crippen LogP contribution in [0.25, 0.3) is 0 Å². The largest absolute Gasteiger partial charge is 0.481 e. The van der Waals surface area contributed by atoms with Crippen LogP contribution in [0.4, 0.5) is 0 Å². The Morgan fingerprint density at radius 1 is 0.574 bits per heavy atom. The molecule has 4 atom stereocenters. The number of carbonyl (C=O) groups is 12. The van der Waals surface area contributed by atoms with Gasteiger partial charge in [0, 0.05) is 53.8 Å². The highest BCUT2D eigenvalue weighted by atomic mass is 32.2. The number of nitrogens with two attached hydrogens (primary N) is 1. The van der Waals surface area contributed by atoms with Crippen LogP contribution in [0.3, 0.4) is 0 Å². The number of carboxylic acid groups (broad SMARTS) is 5. The Balaban J connectivity index is -0.0000000622. The minimum atomic E-state index is -1.13. The van der Waals surface area contributed by atoms with E-state index >= 15 is 0 Å². The van der Waals surface area contributed by atoms with Crippen LogP contribution in [0.2, 0.25) is 0 Å². The average Bonchev–Trinajstić information content (AvgIpc) is 3.67. The minimum absolute atomic E-state index is 0. The van der Waals surface area contributed by atoms with Crippen molar-refractivity contribution < 1.29 is 88.5 Å². The third kappa shape index (κ3) is 62.5. The van der Waals surface area contributed by atoms with E-state index in [9.17, 15) is 57.5 Å². The van der Waals surface area contributed by atoms with Crippen LogP contribution in [0.5, 0.6) is 0 Å². The highest BCUT2D eigenvalue weighted by Crippen LogP contribution is 2.11. The van der Waals surface area contributed by atoms with Gasteiger partial charge in [-0.05, 0) is 52.1 Å². The normalized spacial score (nSPS) is 11.2. The summed E-state index contributed by atoms with van der Waals surface area (Å²) in [5.74, 6) is -6.68. The molecule has 0 saturated carbocycles. The van der Waals surface area contributed by atoms with Crippen LogP contribution >= 0.6 is 36.2 Å². The van der Waals surface area contributed by atoms with Gasteiger partial charge in [-0.2, -0.15) is 24.4 Å². The molecule has 0 aromatic carbocycles. The topological polar surface area (TPSA) is 448 Å². The van der Waals surface area contributed by atoms with Gasteiger partial charge in [-0.1, -0.05) is 22.3 Å². The second kappa shape index (κ2) is 61.4. The summed E-state index contributed by atoms with van der Waals surface area (Å²) in [6.07, 6.45) is 9.17. The summed E-state index contributed by atoms with van der Waals surface area (Å²) in [6.45, 7) is 0. The van der Waals surface area contributed by atoms with E-state index < -0.39 is 58.3 Å². The predicted molar refractivity (Wildman–Crippen MR) is 269 cm³/mol. The second-order valence-electron chi connectivity index (χ2n) is 10.7. The van der Waals surface area contributed by atoms with Crippen molar-refractivity contribution in [3.8, 4) is 0 Å². The maximum atomic E-state index is 10.9. The lowest BCUT2D eigenvalue weighted by Crippen LogP contribution is -2.42. The van der Waals surface area contributed by atoms with E-state index in [1.54, 1.807) is 25.8 Å². The third-order valence-electron chi connectivity index (χ3n) is 6.43. The zero-order valence-corrected chi connectivity index (χ0v) is 40.7. The third-order valence-corrected chi connectivity index (χ3v) is 8.31. The minimum Gasteiger partial charge on any atom is -0.481 e. The SMILES string of the molecule is C.C.C.CN.CNC(=O)/C=C\C(=O)O.CNC(=O)C(CC(=O)O)NC.CNC(=O)C(CC(=O)O)SC.CNC(=O)CC(NC)C(=O)O.CNC(=O)CC(SC)C(=O)O.CS.O.O=C1C=CC(=O)C1. The van der Waals surface area contributed by atoms with E-state index in [-0.39, 0.29) is 95.1 Å². The summed E-state index contributed by atoms with van der Waals surface area (Å²) in [6, 6.07) is -1.44. The van der Waals surface area contributed by atoms with Crippen LogP contribution in [0.1, 0.15) is 54.4 Å². The number of nitrogens with one attached hydrogen (secondary N) is 7. The fraction of sp³-hybridized carbons (Fsp3) is 0.590. The number of hydrogen-bond donors (Lipinski definition) is 14. The summed E-state index contributed by atoms with van der Waals surface area (Å²) < 4.78 is 0. The van der Waals surface area contributed by atoms with Gasteiger partial charge in [0.2, 0.25) is 29.5 Å². The maximum Gasteiger partial charge on any atom is 0.328 e. The highest BCUT2D eigenvalue weighted by Gasteiger charge is 2.20. The molecular weight excluding hydrogens is 965 g/mol. The van der Waals surface area contributed by atoms with Crippen molar-refractivity contribution in [2.75, 3.05) is 75.1 Å².